The van der Waals surface area contributed by atoms with Crippen molar-refractivity contribution in [2.75, 3.05) is 6.79 Å². The molecule has 3 aromatic rings. The maximum atomic E-state index is 9.38. The number of aliphatic hydroxyl groups excluding tert-OH is 1. The molecular weight excluding hydrogens is 278 g/mol. The zero-order valence-electron chi connectivity index (χ0n) is 10.7. The van der Waals surface area contributed by atoms with Crippen LogP contribution in [-0.2, 0) is 6.61 Å². The van der Waals surface area contributed by atoms with Gasteiger partial charge in [0.05, 0.1) is 18.0 Å². The molecule has 1 aromatic carbocycles. The van der Waals surface area contributed by atoms with Crippen molar-refractivity contribution in [3.05, 3.63) is 29.6 Å². The first kappa shape index (κ1) is 11.7. The number of rotatable bonds is 2. The number of aliphatic hydroxyl groups is 1. The van der Waals surface area contributed by atoms with Crippen LogP contribution in [0.3, 0.4) is 0 Å². The molecule has 0 fully saturated rings. The topological polar surface area (TPSA) is 68.9 Å². The van der Waals surface area contributed by atoms with E-state index in [1.54, 1.807) is 4.52 Å². The molecule has 1 aliphatic rings. The highest BCUT2D eigenvalue weighted by Gasteiger charge is 2.17. The molecule has 102 valence electrons. The molecule has 3 heterocycles. The lowest BCUT2D eigenvalue weighted by Gasteiger charge is -1.99. The van der Waals surface area contributed by atoms with Gasteiger partial charge in [0.2, 0.25) is 11.8 Å². The van der Waals surface area contributed by atoms with E-state index in [9.17, 15) is 5.11 Å². The van der Waals surface area contributed by atoms with Crippen molar-refractivity contribution in [3.63, 3.8) is 0 Å². The fraction of sp³-hybridized carbons (Fsp3) is 0.231. The first-order chi connectivity index (χ1) is 9.76. The Kier molecular flexibility index (Phi) is 2.45. The maximum absolute atomic E-state index is 9.38. The van der Waals surface area contributed by atoms with Crippen molar-refractivity contribution >= 4 is 16.3 Å². The van der Waals surface area contributed by atoms with Crippen molar-refractivity contribution in [3.8, 4) is 22.1 Å². The quantitative estimate of drug-likeness (QED) is 0.781. The predicted octanol–water partition coefficient (Wildman–Crippen LogP) is 1.99. The molecule has 2 aromatic heterocycles. The average molecular weight is 289 g/mol. The second kappa shape index (κ2) is 4.19. The lowest BCUT2D eigenvalue weighted by molar-refractivity contribution is 0.174. The fourth-order valence-electron chi connectivity index (χ4n) is 2.22. The van der Waals surface area contributed by atoms with Crippen LogP contribution in [0.4, 0.5) is 0 Å². The molecule has 0 saturated carbocycles. The summed E-state index contributed by atoms with van der Waals surface area (Å²) in [5.74, 6) is 1.48. The third-order valence-corrected chi connectivity index (χ3v) is 4.22. The number of imidazole rings is 1. The lowest BCUT2D eigenvalue weighted by Crippen LogP contribution is -1.95. The minimum absolute atomic E-state index is 0.0721. The molecule has 0 bridgehead atoms. The van der Waals surface area contributed by atoms with Gasteiger partial charge < -0.3 is 14.6 Å². The number of benzene rings is 1. The Balaban J connectivity index is 1.84. The van der Waals surface area contributed by atoms with Crippen LogP contribution in [0.15, 0.2) is 18.2 Å². The van der Waals surface area contributed by atoms with Gasteiger partial charge in [0, 0.05) is 5.56 Å². The summed E-state index contributed by atoms with van der Waals surface area (Å²) < 4.78 is 12.4. The van der Waals surface area contributed by atoms with Gasteiger partial charge in [-0.3, -0.25) is 0 Å². The van der Waals surface area contributed by atoms with E-state index >= 15 is 0 Å². The van der Waals surface area contributed by atoms with E-state index in [1.807, 2.05) is 25.1 Å². The Morgan fingerprint density at radius 3 is 3.05 bits per heavy atom. The van der Waals surface area contributed by atoms with Gasteiger partial charge in [-0.2, -0.15) is 5.10 Å². The molecule has 6 nitrogen and oxygen atoms in total. The highest BCUT2D eigenvalue weighted by Crippen LogP contribution is 2.37. The number of aryl methyl sites for hydroxylation is 1. The summed E-state index contributed by atoms with van der Waals surface area (Å²) in [7, 11) is 0. The lowest BCUT2D eigenvalue weighted by atomic mass is 10.2. The number of fused-ring (bicyclic) bond motifs is 2. The van der Waals surface area contributed by atoms with Crippen molar-refractivity contribution in [1.29, 1.82) is 0 Å². The van der Waals surface area contributed by atoms with Gasteiger partial charge in [0.25, 0.3) is 0 Å². The number of ether oxygens (including phenoxy) is 2. The first-order valence-corrected chi connectivity index (χ1v) is 6.94. The standard InChI is InChI=1S/C13H11N3O3S/c1-7-9(5-17)16-13(14-7)20-12(15-16)8-2-3-10-11(4-8)19-6-18-10/h2-4,17H,5-6H2,1H3. The monoisotopic (exact) mass is 289 g/mol. The van der Waals surface area contributed by atoms with Crippen LogP contribution in [0, 0.1) is 6.92 Å². The van der Waals surface area contributed by atoms with Gasteiger partial charge in [0.1, 0.15) is 5.01 Å². The highest BCUT2D eigenvalue weighted by atomic mass is 32.1. The first-order valence-electron chi connectivity index (χ1n) is 6.12. The molecule has 20 heavy (non-hydrogen) atoms. The highest BCUT2D eigenvalue weighted by molar-refractivity contribution is 7.19. The maximum Gasteiger partial charge on any atom is 0.231 e. The number of nitrogens with zero attached hydrogens (tertiary/aromatic N) is 3. The van der Waals surface area contributed by atoms with Crippen LogP contribution >= 0.6 is 11.3 Å². The minimum atomic E-state index is -0.0721. The Bertz CT molecular complexity index is 809. The second-order valence-corrected chi connectivity index (χ2v) is 5.43. The Morgan fingerprint density at radius 2 is 2.20 bits per heavy atom. The van der Waals surface area contributed by atoms with Crippen LogP contribution in [-0.4, -0.2) is 26.5 Å². The molecule has 0 spiro atoms. The van der Waals surface area contributed by atoms with E-state index in [4.69, 9.17) is 9.47 Å². The fourth-order valence-corrected chi connectivity index (χ4v) is 3.18. The van der Waals surface area contributed by atoms with E-state index in [0.29, 0.717) is 0 Å². The van der Waals surface area contributed by atoms with Crippen LogP contribution in [0.25, 0.3) is 15.5 Å². The zero-order valence-corrected chi connectivity index (χ0v) is 11.5. The largest absolute Gasteiger partial charge is 0.454 e. The SMILES string of the molecule is Cc1nc2sc(-c3ccc4c(c3)OCO4)nn2c1CO. The van der Waals surface area contributed by atoms with Crippen molar-refractivity contribution in [2.24, 2.45) is 0 Å². The summed E-state index contributed by atoms with van der Waals surface area (Å²) in [6.45, 7) is 2.05. The number of hydrogen-bond acceptors (Lipinski definition) is 6. The van der Waals surface area contributed by atoms with Crippen LogP contribution in [0.1, 0.15) is 11.4 Å². The van der Waals surface area contributed by atoms with Gasteiger partial charge in [-0.25, -0.2) is 9.50 Å². The molecule has 1 N–H and O–H groups in total. The van der Waals surface area contributed by atoms with E-state index < -0.39 is 0 Å². The molecule has 0 atom stereocenters. The molecule has 0 radical (unpaired) electrons. The van der Waals surface area contributed by atoms with E-state index in [0.717, 1.165) is 38.4 Å². The molecule has 1 aliphatic heterocycles. The van der Waals surface area contributed by atoms with E-state index in [2.05, 4.69) is 10.1 Å². The number of aromatic nitrogens is 3. The summed E-state index contributed by atoms with van der Waals surface area (Å²) in [6, 6.07) is 5.73. The smallest absolute Gasteiger partial charge is 0.231 e. The average Bonchev–Trinajstić information content (AvgIpc) is 3.10. The normalized spacial score (nSPS) is 13.3. The summed E-state index contributed by atoms with van der Waals surface area (Å²) in [4.78, 5) is 5.18. The van der Waals surface area contributed by atoms with Gasteiger partial charge >= 0.3 is 0 Å². The third-order valence-electron chi connectivity index (χ3n) is 3.27. The molecule has 0 saturated heterocycles. The van der Waals surface area contributed by atoms with Crippen molar-refractivity contribution in [2.45, 2.75) is 13.5 Å². The van der Waals surface area contributed by atoms with Crippen LogP contribution in [0.2, 0.25) is 0 Å². The van der Waals surface area contributed by atoms with Gasteiger partial charge in [-0.1, -0.05) is 11.3 Å². The summed E-state index contributed by atoms with van der Waals surface area (Å²) in [5.41, 5.74) is 2.48. The Morgan fingerprint density at radius 1 is 1.35 bits per heavy atom. The van der Waals surface area contributed by atoms with E-state index in [-0.39, 0.29) is 13.4 Å². The second-order valence-electron chi connectivity index (χ2n) is 4.47. The Hall–Kier alpha value is -2.12. The molecule has 7 heteroatoms. The van der Waals surface area contributed by atoms with Gasteiger partial charge in [-0.15, -0.1) is 0 Å². The van der Waals surface area contributed by atoms with E-state index in [1.165, 1.54) is 11.3 Å². The molecule has 0 aliphatic carbocycles. The Labute approximate surface area is 118 Å². The summed E-state index contributed by atoms with van der Waals surface area (Å²) in [6.07, 6.45) is 0. The predicted molar refractivity (Wildman–Crippen MR) is 73.1 cm³/mol. The summed E-state index contributed by atoms with van der Waals surface area (Å²) >= 11 is 1.48. The molecule has 0 amide bonds. The van der Waals surface area contributed by atoms with Gasteiger partial charge in [0.15, 0.2) is 11.5 Å². The van der Waals surface area contributed by atoms with Crippen molar-refractivity contribution < 1.29 is 14.6 Å². The molecule has 4 rings (SSSR count). The molecular formula is C13H11N3O3S. The minimum Gasteiger partial charge on any atom is -0.454 e. The third kappa shape index (κ3) is 1.60. The van der Waals surface area contributed by atoms with Crippen LogP contribution < -0.4 is 9.47 Å². The number of hydrogen-bond donors (Lipinski definition) is 1. The van der Waals surface area contributed by atoms with Crippen molar-refractivity contribution in [1.82, 2.24) is 14.6 Å². The molecule has 0 unspecified atom stereocenters. The van der Waals surface area contributed by atoms with Crippen LogP contribution in [0.5, 0.6) is 11.5 Å². The zero-order chi connectivity index (χ0) is 13.7. The van der Waals surface area contributed by atoms with Gasteiger partial charge in [-0.05, 0) is 25.1 Å². The summed E-state index contributed by atoms with van der Waals surface area (Å²) in [5, 5.41) is 14.7.